The van der Waals surface area contributed by atoms with Crippen LogP contribution < -0.4 is 5.32 Å². The summed E-state index contributed by atoms with van der Waals surface area (Å²) in [7, 11) is 0. The van der Waals surface area contributed by atoms with E-state index in [2.05, 4.69) is 5.32 Å². The van der Waals surface area contributed by atoms with Gasteiger partial charge in [-0.3, -0.25) is 14.4 Å². The number of carbonyl (C=O) groups is 3. The van der Waals surface area contributed by atoms with Crippen molar-refractivity contribution in [3.63, 3.8) is 0 Å². The molecule has 7 heteroatoms. The van der Waals surface area contributed by atoms with Crippen molar-refractivity contribution in [2.45, 2.75) is 84.0 Å². The first-order valence-corrected chi connectivity index (χ1v) is 10.7. The number of carboxylic acids is 2. The first kappa shape index (κ1) is 26.7. The zero-order chi connectivity index (χ0) is 21.7. The second kappa shape index (κ2) is 19.0. The van der Waals surface area contributed by atoms with Gasteiger partial charge in [0, 0.05) is 6.42 Å². The molecule has 0 bridgehead atoms. The normalized spacial score (nSPS) is 11.6. The Labute approximate surface area is 174 Å². The fraction of sp³-hybridized carbons (Fsp3) is 0.682. The predicted molar refractivity (Wildman–Crippen MR) is 113 cm³/mol. The maximum Gasteiger partial charge on any atom is 0.322 e. The number of carboxylic acid groups (broad SMARTS) is 2. The summed E-state index contributed by atoms with van der Waals surface area (Å²) >= 11 is 0. The number of nitrogens with one attached hydrogen (secondary N) is 1. The lowest BCUT2D eigenvalue weighted by Gasteiger charge is -2.07. The van der Waals surface area contributed by atoms with Crippen LogP contribution in [0.5, 0.6) is 0 Å². The molecule has 0 aliphatic heterocycles. The highest BCUT2D eigenvalue weighted by Gasteiger charge is 2.03. The molecule has 0 unspecified atom stereocenters. The van der Waals surface area contributed by atoms with Crippen LogP contribution in [-0.2, 0) is 19.1 Å². The number of hydrogen-bond acceptors (Lipinski definition) is 4. The molecule has 0 rings (SSSR count). The van der Waals surface area contributed by atoms with Gasteiger partial charge in [-0.1, -0.05) is 57.9 Å². The maximum absolute atomic E-state index is 11.3. The third-order valence-electron chi connectivity index (χ3n) is 4.23. The molecule has 3 N–H and O–H groups in total. The van der Waals surface area contributed by atoms with Crippen molar-refractivity contribution in [3.05, 3.63) is 24.0 Å². The third kappa shape index (κ3) is 20.2. The number of carbonyl (C=O) groups excluding carboxylic acids is 1. The first-order valence-electron chi connectivity index (χ1n) is 10.7. The van der Waals surface area contributed by atoms with Crippen molar-refractivity contribution < 1.29 is 29.3 Å². The molecule has 0 spiro atoms. The van der Waals surface area contributed by atoms with Crippen LogP contribution in [0.1, 0.15) is 84.0 Å². The summed E-state index contributed by atoms with van der Waals surface area (Å²) in [4.78, 5) is 32.2. The summed E-state index contributed by atoms with van der Waals surface area (Å²) in [5, 5.41) is 19.5. The molecule has 0 saturated carbocycles. The van der Waals surface area contributed by atoms with Crippen LogP contribution >= 0.6 is 0 Å². The molecule has 0 aromatic heterocycles. The Morgan fingerprint density at radius 3 is 2.00 bits per heavy atom. The van der Waals surface area contributed by atoms with Crippen LogP contribution in [0.15, 0.2) is 24.0 Å². The monoisotopic (exact) mass is 411 g/mol. The van der Waals surface area contributed by atoms with E-state index in [0.29, 0.717) is 13.0 Å². The summed E-state index contributed by atoms with van der Waals surface area (Å²) in [5.41, 5.74) is 0. The van der Waals surface area contributed by atoms with Crippen LogP contribution in [0, 0.1) is 0 Å². The molecule has 0 saturated heterocycles. The molecule has 0 atom stereocenters. The van der Waals surface area contributed by atoms with E-state index in [0.717, 1.165) is 50.7 Å². The molecule has 0 aromatic rings. The van der Waals surface area contributed by atoms with Crippen molar-refractivity contribution in [2.24, 2.45) is 0 Å². The van der Waals surface area contributed by atoms with Crippen molar-refractivity contribution in [1.29, 1.82) is 0 Å². The second-order valence-electron chi connectivity index (χ2n) is 6.97. The largest absolute Gasteiger partial charge is 0.494 e. The molecule has 0 aliphatic rings. The van der Waals surface area contributed by atoms with Gasteiger partial charge in [0.1, 0.15) is 12.3 Å². The van der Waals surface area contributed by atoms with E-state index in [1.165, 1.54) is 19.3 Å². The molecular formula is C22H37NO6. The van der Waals surface area contributed by atoms with E-state index in [9.17, 15) is 14.4 Å². The predicted octanol–water partition coefficient (Wildman–Crippen LogP) is 4.43. The van der Waals surface area contributed by atoms with Gasteiger partial charge in [-0.15, -0.1) is 0 Å². The third-order valence-corrected chi connectivity index (χ3v) is 4.23. The number of amides is 1. The van der Waals surface area contributed by atoms with E-state index in [4.69, 9.17) is 14.9 Å². The maximum atomic E-state index is 11.3. The number of allylic oxidation sites excluding steroid dienone is 2. The lowest BCUT2D eigenvalue weighted by atomic mass is 10.1. The fourth-order valence-electron chi connectivity index (χ4n) is 2.73. The lowest BCUT2D eigenvalue weighted by molar-refractivity contribution is -0.138. The molecule has 29 heavy (non-hydrogen) atoms. The van der Waals surface area contributed by atoms with E-state index >= 15 is 0 Å². The molecule has 0 heterocycles. The van der Waals surface area contributed by atoms with E-state index in [1.54, 1.807) is 12.2 Å². The second-order valence-corrected chi connectivity index (χ2v) is 6.97. The van der Waals surface area contributed by atoms with Crippen molar-refractivity contribution >= 4 is 17.8 Å². The quantitative estimate of drug-likeness (QED) is 0.165. The van der Waals surface area contributed by atoms with Gasteiger partial charge in [0.15, 0.2) is 0 Å². The molecule has 0 aliphatic carbocycles. The van der Waals surface area contributed by atoms with Crippen LogP contribution in [0.25, 0.3) is 0 Å². The minimum absolute atomic E-state index is 0.00232. The van der Waals surface area contributed by atoms with E-state index in [1.807, 2.05) is 13.0 Å². The van der Waals surface area contributed by atoms with Crippen molar-refractivity contribution in [3.8, 4) is 0 Å². The number of hydrogen-bond donors (Lipinski definition) is 3. The smallest absolute Gasteiger partial charge is 0.322 e. The highest BCUT2D eigenvalue weighted by molar-refractivity contribution is 5.80. The summed E-state index contributed by atoms with van der Waals surface area (Å²) in [6.45, 7) is 2.36. The lowest BCUT2D eigenvalue weighted by Crippen LogP contribution is -2.28. The Balaban J connectivity index is 3.51. The topological polar surface area (TPSA) is 113 Å². The molecule has 7 nitrogen and oxygen atoms in total. The Hall–Kier alpha value is -2.31. The average molecular weight is 412 g/mol. The molecule has 0 aromatic carbocycles. The Kier molecular flexibility index (Phi) is 17.5. The van der Waals surface area contributed by atoms with Crippen LogP contribution in [0.4, 0.5) is 0 Å². The Bertz CT molecular complexity index is 527. The number of ether oxygens (including phenoxy) is 1. The zero-order valence-electron chi connectivity index (χ0n) is 17.7. The first-order chi connectivity index (χ1) is 14.0. The molecule has 166 valence electrons. The SMILES string of the molecule is CCC=C(C=CCC(=O)O)OCCCCCCCCCCCC(=O)NCC(=O)O. The van der Waals surface area contributed by atoms with Gasteiger partial charge in [-0.2, -0.15) is 0 Å². The van der Waals surface area contributed by atoms with E-state index in [-0.39, 0.29) is 18.9 Å². The number of unbranched alkanes of at least 4 members (excludes halogenated alkanes) is 8. The van der Waals surface area contributed by atoms with Gasteiger partial charge in [0.05, 0.1) is 13.0 Å². The van der Waals surface area contributed by atoms with Gasteiger partial charge in [0.2, 0.25) is 5.91 Å². The Morgan fingerprint density at radius 2 is 1.45 bits per heavy atom. The standard InChI is InChI=1S/C22H37NO6/c1-2-13-19(14-12-16-21(25)26)29-17-11-9-7-5-3-4-6-8-10-15-20(24)23-18-22(27)28/h12-14H,2-11,15-18H2,1H3,(H,23,24)(H,25,26)(H,27,28). The summed E-state index contributed by atoms with van der Waals surface area (Å²) in [6.07, 6.45) is 16.2. The minimum Gasteiger partial charge on any atom is -0.494 e. The average Bonchev–Trinajstić information content (AvgIpc) is 2.66. The van der Waals surface area contributed by atoms with Gasteiger partial charge < -0.3 is 20.3 Å². The summed E-state index contributed by atoms with van der Waals surface area (Å²) in [6, 6.07) is 0. The number of aliphatic carboxylic acids is 2. The van der Waals surface area contributed by atoms with E-state index < -0.39 is 11.9 Å². The Morgan fingerprint density at radius 1 is 0.862 bits per heavy atom. The fourth-order valence-corrected chi connectivity index (χ4v) is 2.73. The minimum atomic E-state index is -1.02. The van der Waals surface area contributed by atoms with Crippen LogP contribution in [-0.4, -0.2) is 41.2 Å². The highest BCUT2D eigenvalue weighted by Crippen LogP contribution is 2.11. The van der Waals surface area contributed by atoms with Gasteiger partial charge >= 0.3 is 11.9 Å². The van der Waals surface area contributed by atoms with Crippen LogP contribution in [0.2, 0.25) is 0 Å². The molecule has 1 amide bonds. The molecule has 0 fully saturated rings. The summed E-state index contributed by atoms with van der Waals surface area (Å²) in [5.74, 6) is -1.32. The molecule has 0 radical (unpaired) electrons. The van der Waals surface area contributed by atoms with Gasteiger partial charge in [-0.05, 0) is 31.4 Å². The van der Waals surface area contributed by atoms with Crippen molar-refractivity contribution in [1.82, 2.24) is 5.32 Å². The van der Waals surface area contributed by atoms with Gasteiger partial charge in [0.25, 0.3) is 0 Å². The highest BCUT2D eigenvalue weighted by atomic mass is 16.5. The van der Waals surface area contributed by atoms with Gasteiger partial charge in [-0.25, -0.2) is 0 Å². The number of rotatable bonds is 19. The molecular weight excluding hydrogens is 374 g/mol. The summed E-state index contributed by atoms with van der Waals surface area (Å²) < 4.78 is 5.70. The van der Waals surface area contributed by atoms with Crippen molar-refractivity contribution in [2.75, 3.05) is 13.2 Å². The zero-order valence-corrected chi connectivity index (χ0v) is 17.7. The van der Waals surface area contributed by atoms with Crippen LogP contribution in [0.3, 0.4) is 0 Å².